The third-order valence-electron chi connectivity index (χ3n) is 5.44. The molecule has 0 spiro atoms. The number of hydrogen-bond acceptors (Lipinski definition) is 5. The fraction of sp³-hybridized carbons (Fsp3) is 0.393. The minimum Gasteiger partial charge on any atom is -0.444 e. The molecule has 0 aliphatic carbocycles. The van der Waals surface area contributed by atoms with Crippen LogP contribution in [0.3, 0.4) is 0 Å². The van der Waals surface area contributed by atoms with Crippen molar-refractivity contribution in [3.63, 3.8) is 0 Å². The number of hydrogen-bond donors (Lipinski definition) is 3. The van der Waals surface area contributed by atoms with Gasteiger partial charge in [0.15, 0.2) is 0 Å². The lowest BCUT2D eigenvalue weighted by molar-refractivity contribution is -0.143. The van der Waals surface area contributed by atoms with Gasteiger partial charge in [0.2, 0.25) is 5.91 Å². The van der Waals surface area contributed by atoms with E-state index in [-0.39, 0.29) is 0 Å². The van der Waals surface area contributed by atoms with Gasteiger partial charge in [-0.25, -0.2) is 4.79 Å². The molecule has 3 N–H and O–H groups in total. The van der Waals surface area contributed by atoms with Crippen molar-refractivity contribution in [2.45, 2.75) is 65.3 Å². The van der Waals surface area contributed by atoms with E-state index in [1.807, 2.05) is 19.1 Å². The zero-order chi connectivity index (χ0) is 27.9. The third kappa shape index (κ3) is 8.06. The van der Waals surface area contributed by atoms with E-state index in [0.717, 1.165) is 11.1 Å². The average molecular weight is 530 g/mol. The third-order valence-corrected chi connectivity index (χ3v) is 5.76. The van der Waals surface area contributed by atoms with Gasteiger partial charge in [-0.05, 0) is 70.4 Å². The highest BCUT2D eigenvalue weighted by Crippen LogP contribution is 2.30. The number of nitrogens with zero attached hydrogens (tertiary/aromatic N) is 1. The van der Waals surface area contributed by atoms with Crippen LogP contribution in [0.5, 0.6) is 0 Å². The predicted octanol–water partition coefficient (Wildman–Crippen LogP) is 5.09. The van der Waals surface area contributed by atoms with Crippen LogP contribution in [-0.4, -0.2) is 52.2 Å². The summed E-state index contributed by atoms with van der Waals surface area (Å²) in [5.41, 5.74) is 1.66. The second-order valence-electron chi connectivity index (χ2n) is 9.92. The molecule has 0 radical (unpaired) electrons. The Kier molecular flexibility index (Phi) is 10.3. The molecule has 2 aromatic carbocycles. The van der Waals surface area contributed by atoms with Gasteiger partial charge in [-0.15, -0.1) is 0 Å². The Morgan fingerprint density at radius 3 is 2.35 bits per heavy atom. The number of aryl methyl sites for hydroxylation is 1. The summed E-state index contributed by atoms with van der Waals surface area (Å²) in [4.78, 5) is 41.3. The van der Waals surface area contributed by atoms with Gasteiger partial charge in [-0.2, -0.15) is 0 Å². The van der Waals surface area contributed by atoms with Crippen molar-refractivity contribution < 1.29 is 24.2 Å². The smallest absolute Gasteiger partial charge is 0.408 e. The van der Waals surface area contributed by atoms with E-state index < -0.39 is 48.2 Å². The zero-order valence-corrected chi connectivity index (χ0v) is 22.9. The lowest BCUT2D eigenvalue weighted by atomic mass is 9.99. The maximum absolute atomic E-state index is 13.8. The van der Waals surface area contributed by atoms with E-state index in [1.54, 1.807) is 71.0 Å². The van der Waals surface area contributed by atoms with Gasteiger partial charge < -0.3 is 25.4 Å². The Morgan fingerprint density at radius 2 is 1.81 bits per heavy atom. The number of halogens is 1. The van der Waals surface area contributed by atoms with E-state index in [2.05, 4.69) is 17.2 Å². The van der Waals surface area contributed by atoms with Crippen molar-refractivity contribution >= 4 is 41.3 Å². The molecular weight excluding hydrogens is 494 g/mol. The SMILES string of the molecule is C=Cc1cccc(C(C(=O)Nc2c(C)cccc2Cl)N(C(=O)C(CO)NC(=O)OC(C)(C)C)C(C)C)c1. The molecule has 0 aliphatic heterocycles. The van der Waals surface area contributed by atoms with Crippen molar-refractivity contribution in [3.8, 4) is 0 Å². The van der Waals surface area contributed by atoms with Crippen LogP contribution in [0, 0.1) is 6.92 Å². The van der Waals surface area contributed by atoms with Gasteiger partial charge >= 0.3 is 6.09 Å². The second-order valence-corrected chi connectivity index (χ2v) is 10.3. The highest BCUT2D eigenvalue weighted by molar-refractivity contribution is 6.34. The number of alkyl carbamates (subject to hydrolysis) is 1. The summed E-state index contributed by atoms with van der Waals surface area (Å²) in [6, 6.07) is 9.39. The van der Waals surface area contributed by atoms with Crippen molar-refractivity contribution in [2.75, 3.05) is 11.9 Å². The Hall–Kier alpha value is -3.36. The fourth-order valence-corrected chi connectivity index (χ4v) is 4.04. The number of aliphatic hydroxyl groups excluding tert-OH is 1. The summed E-state index contributed by atoms with van der Waals surface area (Å²) in [5.74, 6) is -1.16. The molecule has 0 saturated carbocycles. The van der Waals surface area contributed by atoms with Gasteiger partial charge in [0.25, 0.3) is 5.91 Å². The minimum absolute atomic E-state index is 0.356. The van der Waals surface area contributed by atoms with E-state index in [9.17, 15) is 19.5 Å². The Balaban J connectivity index is 2.54. The molecule has 2 atom stereocenters. The summed E-state index contributed by atoms with van der Waals surface area (Å²) in [7, 11) is 0. The normalized spacial score (nSPS) is 12.9. The molecule has 0 heterocycles. The molecule has 2 unspecified atom stereocenters. The Morgan fingerprint density at radius 1 is 1.16 bits per heavy atom. The van der Waals surface area contributed by atoms with Gasteiger partial charge in [0.05, 0.1) is 17.3 Å². The quantitative estimate of drug-likeness (QED) is 0.419. The second kappa shape index (κ2) is 12.7. The number of para-hydroxylation sites is 1. The van der Waals surface area contributed by atoms with Crippen LogP contribution >= 0.6 is 11.6 Å². The van der Waals surface area contributed by atoms with Crippen LogP contribution in [0.25, 0.3) is 6.08 Å². The van der Waals surface area contributed by atoms with Crippen LogP contribution in [0.1, 0.15) is 57.4 Å². The first-order valence-corrected chi connectivity index (χ1v) is 12.4. The number of nitrogens with one attached hydrogen (secondary N) is 2. The molecular formula is C28H36ClN3O5. The number of amides is 3. The van der Waals surface area contributed by atoms with Crippen LogP contribution < -0.4 is 10.6 Å². The highest BCUT2D eigenvalue weighted by atomic mass is 35.5. The average Bonchev–Trinajstić information content (AvgIpc) is 2.81. The molecule has 3 amide bonds. The summed E-state index contributed by atoms with van der Waals surface area (Å²) < 4.78 is 5.25. The zero-order valence-electron chi connectivity index (χ0n) is 22.2. The van der Waals surface area contributed by atoms with E-state index in [1.165, 1.54) is 4.90 Å². The minimum atomic E-state index is -1.34. The first kappa shape index (κ1) is 29.9. The molecule has 0 fully saturated rings. The number of benzene rings is 2. The van der Waals surface area contributed by atoms with Crippen molar-refractivity contribution in [1.82, 2.24) is 10.2 Å². The maximum atomic E-state index is 13.8. The predicted molar refractivity (Wildman–Crippen MR) is 146 cm³/mol. The molecule has 2 rings (SSSR count). The number of ether oxygens (including phenoxy) is 1. The summed E-state index contributed by atoms with van der Waals surface area (Å²) in [6.45, 7) is 13.5. The number of carbonyl (C=O) groups is 3. The molecule has 37 heavy (non-hydrogen) atoms. The molecule has 0 bridgehead atoms. The monoisotopic (exact) mass is 529 g/mol. The lowest BCUT2D eigenvalue weighted by Gasteiger charge is -2.37. The first-order valence-electron chi connectivity index (χ1n) is 12.0. The van der Waals surface area contributed by atoms with Crippen LogP contribution in [-0.2, 0) is 14.3 Å². The molecule has 0 saturated heterocycles. The number of aliphatic hydroxyl groups is 1. The van der Waals surface area contributed by atoms with Crippen LogP contribution in [0.2, 0.25) is 5.02 Å². The maximum Gasteiger partial charge on any atom is 0.408 e. The summed E-state index contributed by atoms with van der Waals surface area (Å²) >= 11 is 6.36. The molecule has 9 heteroatoms. The van der Waals surface area contributed by atoms with E-state index in [4.69, 9.17) is 16.3 Å². The van der Waals surface area contributed by atoms with Crippen molar-refractivity contribution in [3.05, 3.63) is 70.8 Å². The van der Waals surface area contributed by atoms with Gasteiger partial charge in [-0.1, -0.05) is 54.6 Å². The van der Waals surface area contributed by atoms with E-state index in [0.29, 0.717) is 16.3 Å². The molecule has 0 aliphatic rings. The number of carbonyl (C=O) groups excluding carboxylic acids is 3. The van der Waals surface area contributed by atoms with Crippen molar-refractivity contribution in [2.24, 2.45) is 0 Å². The van der Waals surface area contributed by atoms with Gasteiger partial charge in [-0.3, -0.25) is 9.59 Å². The van der Waals surface area contributed by atoms with Crippen LogP contribution in [0.4, 0.5) is 10.5 Å². The first-order chi connectivity index (χ1) is 17.3. The summed E-state index contributed by atoms with van der Waals surface area (Å²) in [5, 5.41) is 15.7. The lowest BCUT2D eigenvalue weighted by Crippen LogP contribution is -2.55. The molecule has 2 aromatic rings. The van der Waals surface area contributed by atoms with Gasteiger partial charge in [0.1, 0.15) is 17.7 Å². The molecule has 8 nitrogen and oxygen atoms in total. The number of anilines is 1. The van der Waals surface area contributed by atoms with Crippen LogP contribution in [0.15, 0.2) is 49.0 Å². The Bertz CT molecular complexity index is 1120. The highest BCUT2D eigenvalue weighted by Gasteiger charge is 2.38. The fourth-order valence-electron chi connectivity index (χ4n) is 3.77. The topological polar surface area (TPSA) is 108 Å². The summed E-state index contributed by atoms with van der Waals surface area (Å²) in [6.07, 6.45) is 0.781. The number of rotatable bonds is 9. The molecule has 200 valence electrons. The largest absolute Gasteiger partial charge is 0.444 e. The molecule has 0 aromatic heterocycles. The van der Waals surface area contributed by atoms with Gasteiger partial charge in [0, 0.05) is 6.04 Å². The van der Waals surface area contributed by atoms with E-state index >= 15 is 0 Å². The van der Waals surface area contributed by atoms with Crippen molar-refractivity contribution in [1.29, 1.82) is 0 Å². The Labute approximate surface area is 223 Å². The standard InChI is InChI=1S/C28H36ClN3O5/c1-8-19-12-10-13-20(15-19)24(25(34)31-23-18(4)11-9-14-21(23)29)32(17(2)3)26(35)22(16-33)30-27(36)37-28(5,6)7/h8-15,17,22,24,33H,1,16H2,2-7H3,(H,30,36)(H,31,34).